The molecule has 0 bridgehead atoms. The van der Waals surface area contributed by atoms with Crippen molar-refractivity contribution < 1.29 is 9.47 Å². The first-order chi connectivity index (χ1) is 8.74. The maximum absolute atomic E-state index is 5.37. The lowest BCUT2D eigenvalue weighted by Crippen LogP contribution is -2.27. The van der Waals surface area contributed by atoms with Crippen molar-refractivity contribution in [2.45, 2.75) is 32.4 Å². The van der Waals surface area contributed by atoms with Crippen LogP contribution in [0.25, 0.3) is 0 Å². The molecule has 1 unspecified atom stereocenters. The van der Waals surface area contributed by atoms with Crippen LogP contribution in [-0.4, -0.2) is 12.8 Å². The average Bonchev–Trinajstić information content (AvgIpc) is 2.81. The molecule has 1 aromatic rings. The van der Waals surface area contributed by atoms with Gasteiger partial charge in [0.2, 0.25) is 6.79 Å². The molecular formula is C14H16BrNO2. The molecule has 18 heavy (non-hydrogen) atoms. The zero-order chi connectivity index (χ0) is 13.0. The van der Waals surface area contributed by atoms with Crippen molar-refractivity contribution in [3.05, 3.63) is 22.2 Å². The molecule has 0 radical (unpaired) electrons. The van der Waals surface area contributed by atoms with Crippen LogP contribution >= 0.6 is 15.9 Å². The molecule has 0 fully saturated rings. The first kappa shape index (κ1) is 13.3. The van der Waals surface area contributed by atoms with Gasteiger partial charge >= 0.3 is 0 Å². The minimum Gasteiger partial charge on any atom is -0.454 e. The molecular weight excluding hydrogens is 294 g/mol. The Balaban J connectivity index is 2.03. The summed E-state index contributed by atoms with van der Waals surface area (Å²) in [5.74, 6) is 4.29. The predicted molar refractivity (Wildman–Crippen MR) is 74.6 cm³/mol. The Bertz CT molecular complexity index is 468. The molecule has 1 N–H and O–H groups in total. The summed E-state index contributed by atoms with van der Waals surface area (Å²) in [6.07, 6.45) is 7.11. The van der Waals surface area contributed by atoms with Crippen LogP contribution in [-0.2, 0) is 6.54 Å². The molecule has 1 aliphatic heterocycles. The molecule has 3 nitrogen and oxygen atoms in total. The summed E-state index contributed by atoms with van der Waals surface area (Å²) in [4.78, 5) is 0. The summed E-state index contributed by atoms with van der Waals surface area (Å²) < 4.78 is 11.7. The van der Waals surface area contributed by atoms with E-state index in [4.69, 9.17) is 15.9 Å². The summed E-state index contributed by atoms with van der Waals surface area (Å²) >= 11 is 3.55. The number of rotatable bonds is 5. The molecule has 1 aliphatic rings. The van der Waals surface area contributed by atoms with E-state index >= 15 is 0 Å². The van der Waals surface area contributed by atoms with E-state index in [1.807, 2.05) is 12.1 Å². The Morgan fingerprint density at radius 2 is 2.17 bits per heavy atom. The third-order valence-corrected chi connectivity index (χ3v) is 3.72. The average molecular weight is 310 g/mol. The monoisotopic (exact) mass is 309 g/mol. The molecule has 1 aromatic carbocycles. The van der Waals surface area contributed by atoms with E-state index < -0.39 is 0 Å². The number of hydrogen-bond acceptors (Lipinski definition) is 3. The molecule has 2 rings (SSSR count). The van der Waals surface area contributed by atoms with Gasteiger partial charge in [-0.2, -0.15) is 0 Å². The SMILES string of the molecule is C#CCC(CC)NCc1cc2c(cc1Br)OCO2. The standard InChI is InChI=1S/C14H16BrNO2/c1-3-5-11(4-2)16-8-10-6-13-14(7-12(10)15)18-9-17-13/h1,6-7,11,16H,4-5,8-9H2,2H3. The minimum atomic E-state index is 0.299. The fraction of sp³-hybridized carbons (Fsp3) is 0.429. The lowest BCUT2D eigenvalue weighted by Gasteiger charge is -2.15. The molecule has 1 heterocycles. The largest absolute Gasteiger partial charge is 0.454 e. The Labute approximate surface area is 116 Å². The van der Waals surface area contributed by atoms with Gasteiger partial charge in [-0.25, -0.2) is 0 Å². The smallest absolute Gasteiger partial charge is 0.231 e. The van der Waals surface area contributed by atoms with Gasteiger partial charge in [0.25, 0.3) is 0 Å². The maximum Gasteiger partial charge on any atom is 0.231 e. The Morgan fingerprint density at radius 3 is 2.83 bits per heavy atom. The van der Waals surface area contributed by atoms with Crippen molar-refractivity contribution in [2.24, 2.45) is 0 Å². The van der Waals surface area contributed by atoms with Crippen LogP contribution in [0.4, 0.5) is 0 Å². The molecule has 0 amide bonds. The summed E-state index contributed by atoms with van der Waals surface area (Å²) in [5.41, 5.74) is 1.15. The number of halogens is 1. The second-order valence-corrected chi connectivity index (χ2v) is 5.05. The molecule has 0 saturated heterocycles. The number of nitrogens with one attached hydrogen (secondary N) is 1. The molecule has 0 aromatic heterocycles. The number of benzene rings is 1. The van der Waals surface area contributed by atoms with Gasteiger partial charge in [0.15, 0.2) is 11.5 Å². The van der Waals surface area contributed by atoms with Gasteiger partial charge in [-0.05, 0) is 24.1 Å². The fourth-order valence-corrected chi connectivity index (χ4v) is 2.31. The van der Waals surface area contributed by atoms with Crippen LogP contribution in [0.1, 0.15) is 25.3 Å². The number of fused-ring (bicyclic) bond motifs is 1. The molecule has 1 atom stereocenters. The van der Waals surface area contributed by atoms with Crippen LogP contribution in [0.5, 0.6) is 11.5 Å². The van der Waals surface area contributed by atoms with Crippen molar-refractivity contribution in [3.63, 3.8) is 0 Å². The number of hydrogen-bond donors (Lipinski definition) is 1. The predicted octanol–water partition coefficient (Wildman–Crippen LogP) is 3.07. The molecule has 0 spiro atoms. The second kappa shape index (κ2) is 6.12. The van der Waals surface area contributed by atoms with Crippen LogP contribution in [0.2, 0.25) is 0 Å². The van der Waals surface area contributed by atoms with Crippen LogP contribution < -0.4 is 14.8 Å². The highest BCUT2D eigenvalue weighted by atomic mass is 79.9. The third-order valence-electron chi connectivity index (χ3n) is 2.98. The number of ether oxygens (including phenoxy) is 2. The normalized spacial score (nSPS) is 14.3. The number of terminal acetylenes is 1. The summed E-state index contributed by atoms with van der Waals surface area (Å²) in [7, 11) is 0. The molecule has 96 valence electrons. The first-order valence-corrected chi connectivity index (χ1v) is 6.78. The van der Waals surface area contributed by atoms with E-state index in [0.29, 0.717) is 12.8 Å². The Morgan fingerprint density at radius 1 is 1.44 bits per heavy atom. The lowest BCUT2D eigenvalue weighted by molar-refractivity contribution is 0.174. The van der Waals surface area contributed by atoms with Gasteiger partial charge in [-0.1, -0.05) is 22.9 Å². The molecule has 4 heteroatoms. The van der Waals surface area contributed by atoms with Crippen molar-refractivity contribution in [1.29, 1.82) is 0 Å². The van der Waals surface area contributed by atoms with E-state index in [9.17, 15) is 0 Å². The van der Waals surface area contributed by atoms with Crippen molar-refractivity contribution in [2.75, 3.05) is 6.79 Å². The van der Waals surface area contributed by atoms with Crippen LogP contribution in [0.15, 0.2) is 16.6 Å². The van der Waals surface area contributed by atoms with Gasteiger partial charge in [-0.15, -0.1) is 12.3 Å². The van der Waals surface area contributed by atoms with E-state index in [1.54, 1.807) is 0 Å². The summed E-state index contributed by atoms with van der Waals surface area (Å²) in [6, 6.07) is 4.30. The molecule has 0 saturated carbocycles. The van der Waals surface area contributed by atoms with Crippen LogP contribution in [0, 0.1) is 12.3 Å². The highest BCUT2D eigenvalue weighted by Gasteiger charge is 2.16. The van der Waals surface area contributed by atoms with Crippen molar-refractivity contribution in [3.8, 4) is 23.8 Å². The van der Waals surface area contributed by atoms with Crippen LogP contribution in [0.3, 0.4) is 0 Å². The van der Waals surface area contributed by atoms with E-state index in [-0.39, 0.29) is 0 Å². The third kappa shape index (κ3) is 2.98. The summed E-state index contributed by atoms with van der Waals surface area (Å²) in [6.45, 7) is 3.19. The zero-order valence-corrected chi connectivity index (χ0v) is 11.9. The minimum absolute atomic E-state index is 0.299. The van der Waals surface area contributed by atoms with Crippen molar-refractivity contribution in [1.82, 2.24) is 5.32 Å². The lowest BCUT2D eigenvalue weighted by atomic mass is 10.1. The highest BCUT2D eigenvalue weighted by molar-refractivity contribution is 9.10. The van der Waals surface area contributed by atoms with E-state index in [0.717, 1.165) is 40.9 Å². The van der Waals surface area contributed by atoms with Crippen molar-refractivity contribution >= 4 is 15.9 Å². The first-order valence-electron chi connectivity index (χ1n) is 5.99. The van der Waals surface area contributed by atoms with Gasteiger partial charge in [0.05, 0.1) is 0 Å². The van der Waals surface area contributed by atoms with E-state index in [1.165, 1.54) is 0 Å². The van der Waals surface area contributed by atoms with Gasteiger partial charge in [0.1, 0.15) is 0 Å². The maximum atomic E-state index is 5.37. The summed E-state index contributed by atoms with van der Waals surface area (Å²) in [5, 5.41) is 3.45. The fourth-order valence-electron chi connectivity index (χ4n) is 1.85. The van der Waals surface area contributed by atoms with E-state index in [2.05, 4.69) is 34.1 Å². The van der Waals surface area contributed by atoms with Gasteiger partial charge < -0.3 is 14.8 Å². The quantitative estimate of drug-likeness (QED) is 0.848. The second-order valence-electron chi connectivity index (χ2n) is 4.19. The molecule has 0 aliphatic carbocycles. The Hall–Kier alpha value is -1.18. The Kier molecular flexibility index (Phi) is 4.51. The van der Waals surface area contributed by atoms with Gasteiger partial charge in [-0.3, -0.25) is 0 Å². The highest BCUT2D eigenvalue weighted by Crippen LogP contribution is 2.36. The topological polar surface area (TPSA) is 30.5 Å². The zero-order valence-electron chi connectivity index (χ0n) is 10.3. The van der Waals surface area contributed by atoms with Gasteiger partial charge in [0, 0.05) is 23.5 Å².